The highest BCUT2D eigenvalue weighted by molar-refractivity contribution is 5.76. The van der Waals surface area contributed by atoms with Gasteiger partial charge in [-0.15, -0.1) is 0 Å². The third-order valence-corrected chi connectivity index (χ3v) is 2.30. The summed E-state index contributed by atoms with van der Waals surface area (Å²) in [4.78, 5) is 10.5. The minimum absolute atomic E-state index is 0.00961. The van der Waals surface area contributed by atoms with Crippen LogP contribution in [-0.4, -0.2) is 5.91 Å². The van der Waals surface area contributed by atoms with Crippen molar-refractivity contribution >= 4 is 12.0 Å². The van der Waals surface area contributed by atoms with Gasteiger partial charge in [-0.3, -0.25) is 4.79 Å². The number of rotatable bonds is 3. The van der Waals surface area contributed by atoms with Crippen LogP contribution >= 0.6 is 0 Å². The molecule has 0 radical (unpaired) electrons. The van der Waals surface area contributed by atoms with Crippen LogP contribution in [0.4, 0.5) is 13.2 Å². The molecule has 0 saturated carbocycles. The van der Waals surface area contributed by atoms with Crippen molar-refractivity contribution < 1.29 is 18.0 Å². The lowest BCUT2D eigenvalue weighted by atomic mass is 10.0. The molecule has 0 fully saturated rings. The van der Waals surface area contributed by atoms with Crippen LogP contribution in [0.25, 0.3) is 6.08 Å². The standard InChI is InChI=1S/C12H12F3NO/c1-8-9(5-3-7-11(16)17)4-2-6-10(8)12(13,14)15/h2-6H,7H2,1H3,(H2,16,17). The van der Waals surface area contributed by atoms with Crippen molar-refractivity contribution in [3.8, 4) is 0 Å². The molecular weight excluding hydrogens is 231 g/mol. The molecule has 0 spiro atoms. The van der Waals surface area contributed by atoms with Crippen LogP contribution in [0.2, 0.25) is 0 Å². The average molecular weight is 243 g/mol. The lowest BCUT2D eigenvalue weighted by Crippen LogP contribution is -2.08. The summed E-state index contributed by atoms with van der Waals surface area (Å²) in [6.45, 7) is 1.40. The maximum atomic E-state index is 12.6. The first-order valence-corrected chi connectivity index (χ1v) is 4.94. The van der Waals surface area contributed by atoms with Crippen molar-refractivity contribution in [3.05, 3.63) is 41.0 Å². The lowest BCUT2D eigenvalue weighted by molar-refractivity contribution is -0.138. The number of alkyl halides is 3. The molecule has 5 heteroatoms. The van der Waals surface area contributed by atoms with Crippen LogP contribution in [0, 0.1) is 6.92 Å². The molecule has 1 amide bonds. The van der Waals surface area contributed by atoms with Gasteiger partial charge in [-0.25, -0.2) is 0 Å². The summed E-state index contributed by atoms with van der Waals surface area (Å²) in [6, 6.07) is 3.92. The van der Waals surface area contributed by atoms with Gasteiger partial charge < -0.3 is 5.73 Å². The second-order valence-electron chi connectivity index (χ2n) is 3.59. The molecular formula is C12H12F3NO. The Bertz CT molecular complexity index is 450. The molecule has 0 atom stereocenters. The predicted octanol–water partition coefficient (Wildman–Crippen LogP) is 2.90. The Morgan fingerprint density at radius 2 is 2.06 bits per heavy atom. The fourth-order valence-corrected chi connectivity index (χ4v) is 1.44. The summed E-state index contributed by atoms with van der Waals surface area (Å²) in [5, 5.41) is 0. The average Bonchev–Trinajstić information content (AvgIpc) is 2.18. The summed E-state index contributed by atoms with van der Waals surface area (Å²) in [7, 11) is 0. The lowest BCUT2D eigenvalue weighted by Gasteiger charge is -2.11. The Morgan fingerprint density at radius 3 is 2.59 bits per heavy atom. The van der Waals surface area contributed by atoms with Crippen molar-refractivity contribution in [3.63, 3.8) is 0 Å². The van der Waals surface area contributed by atoms with Gasteiger partial charge in [-0.05, 0) is 24.1 Å². The summed E-state index contributed by atoms with van der Waals surface area (Å²) < 4.78 is 37.7. The van der Waals surface area contributed by atoms with E-state index < -0.39 is 17.6 Å². The Kier molecular flexibility index (Phi) is 3.93. The molecule has 1 aromatic carbocycles. The van der Waals surface area contributed by atoms with E-state index in [4.69, 9.17) is 5.73 Å². The Balaban J connectivity index is 3.03. The van der Waals surface area contributed by atoms with Crippen LogP contribution in [0.15, 0.2) is 24.3 Å². The molecule has 0 saturated heterocycles. The Hall–Kier alpha value is -1.78. The smallest absolute Gasteiger partial charge is 0.369 e. The van der Waals surface area contributed by atoms with Crippen molar-refractivity contribution in [2.24, 2.45) is 5.73 Å². The zero-order chi connectivity index (χ0) is 13.1. The molecule has 2 nitrogen and oxygen atoms in total. The first-order valence-electron chi connectivity index (χ1n) is 4.94. The Morgan fingerprint density at radius 1 is 1.41 bits per heavy atom. The summed E-state index contributed by atoms with van der Waals surface area (Å²) >= 11 is 0. The van der Waals surface area contributed by atoms with Crippen molar-refractivity contribution in [1.29, 1.82) is 0 Å². The normalized spacial score (nSPS) is 12.0. The highest BCUT2D eigenvalue weighted by atomic mass is 19.4. The van der Waals surface area contributed by atoms with Gasteiger partial charge in [-0.1, -0.05) is 24.3 Å². The molecule has 1 rings (SSSR count). The number of halogens is 3. The van der Waals surface area contributed by atoms with E-state index in [0.717, 1.165) is 6.07 Å². The fourth-order valence-electron chi connectivity index (χ4n) is 1.44. The molecule has 1 aromatic rings. The van der Waals surface area contributed by atoms with Crippen molar-refractivity contribution in [2.45, 2.75) is 19.5 Å². The minimum Gasteiger partial charge on any atom is -0.369 e. The van der Waals surface area contributed by atoms with E-state index in [1.165, 1.54) is 25.1 Å². The first kappa shape index (κ1) is 13.3. The molecule has 0 aliphatic heterocycles. The number of hydrogen-bond acceptors (Lipinski definition) is 1. The highest BCUT2D eigenvalue weighted by Gasteiger charge is 2.32. The van der Waals surface area contributed by atoms with E-state index in [0.29, 0.717) is 5.56 Å². The summed E-state index contributed by atoms with van der Waals surface area (Å²) in [5.41, 5.74) is 4.83. The number of carbonyl (C=O) groups is 1. The van der Waals surface area contributed by atoms with Gasteiger partial charge in [0.15, 0.2) is 0 Å². The van der Waals surface area contributed by atoms with Gasteiger partial charge in [-0.2, -0.15) is 13.2 Å². The van der Waals surface area contributed by atoms with Gasteiger partial charge in [0.05, 0.1) is 5.56 Å². The van der Waals surface area contributed by atoms with Crippen LogP contribution in [0.5, 0.6) is 0 Å². The van der Waals surface area contributed by atoms with E-state index in [9.17, 15) is 18.0 Å². The highest BCUT2D eigenvalue weighted by Crippen LogP contribution is 2.33. The van der Waals surface area contributed by atoms with Gasteiger partial charge >= 0.3 is 6.18 Å². The van der Waals surface area contributed by atoms with Crippen LogP contribution in [0.3, 0.4) is 0 Å². The summed E-state index contributed by atoms with van der Waals surface area (Å²) in [6.07, 6.45) is -1.44. The molecule has 2 N–H and O–H groups in total. The third-order valence-electron chi connectivity index (χ3n) is 2.30. The molecule has 0 unspecified atom stereocenters. The maximum Gasteiger partial charge on any atom is 0.416 e. The second-order valence-corrected chi connectivity index (χ2v) is 3.59. The van der Waals surface area contributed by atoms with E-state index in [1.807, 2.05) is 0 Å². The molecule has 0 aliphatic carbocycles. The monoisotopic (exact) mass is 243 g/mol. The number of carbonyl (C=O) groups excluding carboxylic acids is 1. The fraction of sp³-hybridized carbons (Fsp3) is 0.250. The second kappa shape index (κ2) is 5.03. The van der Waals surface area contributed by atoms with Gasteiger partial charge in [0.1, 0.15) is 0 Å². The van der Waals surface area contributed by atoms with Crippen LogP contribution in [0.1, 0.15) is 23.1 Å². The molecule has 0 aliphatic rings. The number of nitrogens with two attached hydrogens (primary N) is 1. The number of primary amides is 1. The van der Waals surface area contributed by atoms with Crippen LogP contribution in [-0.2, 0) is 11.0 Å². The van der Waals surface area contributed by atoms with Crippen LogP contribution < -0.4 is 5.73 Å². The molecule has 0 bridgehead atoms. The Labute approximate surface area is 96.9 Å². The van der Waals surface area contributed by atoms with Crippen molar-refractivity contribution in [1.82, 2.24) is 0 Å². The van der Waals surface area contributed by atoms with Gasteiger partial charge in [0, 0.05) is 6.42 Å². The SMILES string of the molecule is Cc1c(C=CCC(N)=O)cccc1C(F)(F)F. The quantitative estimate of drug-likeness (QED) is 0.871. The zero-order valence-electron chi connectivity index (χ0n) is 9.21. The zero-order valence-corrected chi connectivity index (χ0v) is 9.21. The van der Waals surface area contributed by atoms with E-state index in [-0.39, 0.29) is 12.0 Å². The number of benzene rings is 1. The largest absolute Gasteiger partial charge is 0.416 e. The molecule has 0 aromatic heterocycles. The summed E-state index contributed by atoms with van der Waals surface area (Å²) in [5.74, 6) is -0.522. The topological polar surface area (TPSA) is 43.1 Å². The van der Waals surface area contributed by atoms with Crippen molar-refractivity contribution in [2.75, 3.05) is 0 Å². The predicted molar refractivity (Wildman–Crippen MR) is 59.0 cm³/mol. The maximum absolute atomic E-state index is 12.6. The van der Waals surface area contributed by atoms with Gasteiger partial charge in [0.2, 0.25) is 5.91 Å². The molecule has 17 heavy (non-hydrogen) atoms. The number of amides is 1. The molecule has 0 heterocycles. The minimum atomic E-state index is -4.36. The molecule has 92 valence electrons. The van der Waals surface area contributed by atoms with E-state index in [1.54, 1.807) is 6.07 Å². The first-order chi connectivity index (χ1) is 7.82. The van der Waals surface area contributed by atoms with Gasteiger partial charge in [0.25, 0.3) is 0 Å². The number of hydrogen-bond donors (Lipinski definition) is 1. The van der Waals surface area contributed by atoms with E-state index in [2.05, 4.69) is 0 Å². The third kappa shape index (κ3) is 3.62. The van der Waals surface area contributed by atoms with E-state index >= 15 is 0 Å².